The van der Waals surface area contributed by atoms with E-state index in [4.69, 9.17) is 11.6 Å². The fourth-order valence-corrected chi connectivity index (χ4v) is 4.53. The summed E-state index contributed by atoms with van der Waals surface area (Å²) < 4.78 is 27.6. The molecule has 0 saturated carbocycles. The quantitative estimate of drug-likeness (QED) is 0.800. The Morgan fingerprint density at radius 1 is 1.43 bits per heavy atom. The topological polar surface area (TPSA) is 58.2 Å². The van der Waals surface area contributed by atoms with Crippen LogP contribution in [0.2, 0.25) is 5.02 Å². The van der Waals surface area contributed by atoms with Crippen LogP contribution in [-0.4, -0.2) is 33.8 Å². The smallest absolute Gasteiger partial charge is 0.240 e. The molecule has 1 aliphatic rings. The van der Waals surface area contributed by atoms with E-state index in [1.54, 1.807) is 12.1 Å². The molecule has 0 aliphatic carbocycles. The number of hydrogen-bond acceptors (Lipinski definition) is 4. The molecule has 1 fully saturated rings. The standard InChI is InChI=1S/C13H19ClN2O2S2.ClH/c1-9-5-6-15-8-12(9)16-20(17,18)10-3-4-13(19-2)11(14)7-10;/h3-4,7,9,12,15-16H,5-6,8H2,1-2H3;1H. The van der Waals surface area contributed by atoms with Crippen LogP contribution in [0.4, 0.5) is 0 Å². The summed E-state index contributed by atoms with van der Waals surface area (Å²) in [6, 6.07) is 4.77. The molecule has 0 bridgehead atoms. The van der Waals surface area contributed by atoms with E-state index < -0.39 is 10.0 Å². The van der Waals surface area contributed by atoms with Crippen molar-refractivity contribution >= 4 is 45.8 Å². The van der Waals surface area contributed by atoms with Crippen molar-refractivity contribution in [2.24, 2.45) is 5.92 Å². The van der Waals surface area contributed by atoms with Crippen molar-refractivity contribution in [2.75, 3.05) is 19.3 Å². The maximum atomic E-state index is 12.4. The summed E-state index contributed by atoms with van der Waals surface area (Å²) in [5.41, 5.74) is 0. The summed E-state index contributed by atoms with van der Waals surface area (Å²) in [4.78, 5) is 1.09. The minimum atomic E-state index is -3.52. The molecule has 2 rings (SSSR count). The zero-order chi connectivity index (χ0) is 14.8. The van der Waals surface area contributed by atoms with E-state index in [1.165, 1.54) is 17.8 Å². The molecular formula is C13H20Cl2N2O2S2. The van der Waals surface area contributed by atoms with E-state index in [1.807, 2.05) is 6.26 Å². The SMILES string of the molecule is CSc1ccc(S(=O)(=O)NC2CNCCC2C)cc1Cl.Cl. The van der Waals surface area contributed by atoms with E-state index in [9.17, 15) is 8.42 Å². The van der Waals surface area contributed by atoms with E-state index in [0.29, 0.717) is 17.5 Å². The molecular weight excluding hydrogens is 351 g/mol. The monoisotopic (exact) mass is 370 g/mol. The molecule has 0 amide bonds. The van der Waals surface area contributed by atoms with E-state index >= 15 is 0 Å². The fourth-order valence-electron chi connectivity index (χ4n) is 2.23. The highest BCUT2D eigenvalue weighted by Gasteiger charge is 2.26. The highest BCUT2D eigenvalue weighted by molar-refractivity contribution is 7.98. The lowest BCUT2D eigenvalue weighted by molar-refractivity contribution is 0.327. The summed E-state index contributed by atoms with van der Waals surface area (Å²) in [5, 5.41) is 3.68. The van der Waals surface area contributed by atoms with Crippen molar-refractivity contribution in [1.82, 2.24) is 10.0 Å². The van der Waals surface area contributed by atoms with Gasteiger partial charge in [-0.05, 0) is 43.3 Å². The molecule has 2 N–H and O–H groups in total. The number of thioether (sulfide) groups is 1. The van der Waals surface area contributed by atoms with Gasteiger partial charge in [0.25, 0.3) is 0 Å². The number of benzene rings is 1. The Labute approximate surface area is 141 Å². The Kier molecular flexibility index (Phi) is 7.30. The molecule has 8 heteroatoms. The number of halogens is 2. The van der Waals surface area contributed by atoms with Crippen molar-refractivity contribution < 1.29 is 8.42 Å². The van der Waals surface area contributed by atoms with Crippen molar-refractivity contribution in [3.05, 3.63) is 23.2 Å². The van der Waals surface area contributed by atoms with E-state index in [-0.39, 0.29) is 23.3 Å². The van der Waals surface area contributed by atoms with Gasteiger partial charge in [-0.1, -0.05) is 18.5 Å². The van der Waals surface area contributed by atoms with Gasteiger partial charge in [-0.25, -0.2) is 13.1 Å². The predicted octanol–water partition coefficient (Wildman–Crippen LogP) is 2.76. The number of piperidine rings is 1. The second-order valence-electron chi connectivity index (χ2n) is 4.99. The maximum absolute atomic E-state index is 12.4. The first kappa shape index (κ1) is 19.1. The predicted molar refractivity (Wildman–Crippen MR) is 91.2 cm³/mol. The van der Waals surface area contributed by atoms with Crippen molar-refractivity contribution in [1.29, 1.82) is 0 Å². The lowest BCUT2D eigenvalue weighted by atomic mass is 9.96. The molecule has 120 valence electrons. The lowest BCUT2D eigenvalue weighted by Crippen LogP contribution is -2.50. The average Bonchev–Trinajstić information content (AvgIpc) is 2.41. The highest BCUT2D eigenvalue weighted by Crippen LogP contribution is 2.28. The molecule has 2 unspecified atom stereocenters. The summed E-state index contributed by atoms with van der Waals surface area (Å²) in [6.45, 7) is 3.67. The van der Waals surface area contributed by atoms with Crippen LogP contribution < -0.4 is 10.0 Å². The summed E-state index contributed by atoms with van der Waals surface area (Å²) in [6.07, 6.45) is 2.88. The van der Waals surface area contributed by atoms with Crippen molar-refractivity contribution in [3.63, 3.8) is 0 Å². The average molecular weight is 371 g/mol. The number of sulfonamides is 1. The normalized spacial score (nSPS) is 22.6. The Bertz CT molecular complexity index is 582. The number of hydrogen-bond donors (Lipinski definition) is 2. The third-order valence-electron chi connectivity index (χ3n) is 3.57. The molecule has 1 heterocycles. The Morgan fingerprint density at radius 2 is 2.14 bits per heavy atom. The first-order valence-corrected chi connectivity index (χ1v) is 9.59. The van der Waals surface area contributed by atoms with Crippen LogP contribution in [0, 0.1) is 5.92 Å². The Balaban J connectivity index is 0.00000220. The molecule has 1 saturated heterocycles. The summed E-state index contributed by atoms with van der Waals surface area (Å²) >= 11 is 7.58. The van der Waals surface area contributed by atoms with Gasteiger partial charge in [0.1, 0.15) is 0 Å². The lowest BCUT2D eigenvalue weighted by Gasteiger charge is -2.30. The molecule has 0 aromatic heterocycles. The van der Waals surface area contributed by atoms with Gasteiger partial charge >= 0.3 is 0 Å². The van der Waals surface area contributed by atoms with Gasteiger partial charge in [0.05, 0.1) is 9.92 Å². The molecule has 1 aliphatic heterocycles. The summed E-state index contributed by atoms with van der Waals surface area (Å²) in [7, 11) is -3.52. The number of rotatable bonds is 4. The van der Waals surface area contributed by atoms with Gasteiger partial charge in [-0.3, -0.25) is 0 Å². The minimum absolute atomic E-state index is 0. The van der Waals surface area contributed by atoms with Gasteiger partial charge in [-0.2, -0.15) is 0 Å². The van der Waals surface area contributed by atoms with Crippen LogP contribution in [0.25, 0.3) is 0 Å². The first-order chi connectivity index (χ1) is 9.44. The molecule has 0 radical (unpaired) electrons. The first-order valence-electron chi connectivity index (χ1n) is 6.50. The molecule has 21 heavy (non-hydrogen) atoms. The van der Waals surface area contributed by atoms with Crippen molar-refractivity contribution in [2.45, 2.75) is 29.2 Å². The molecule has 2 atom stereocenters. The molecule has 0 spiro atoms. The largest absolute Gasteiger partial charge is 0.315 e. The van der Waals surface area contributed by atoms with Crippen LogP contribution in [0.15, 0.2) is 28.0 Å². The van der Waals surface area contributed by atoms with Gasteiger partial charge < -0.3 is 5.32 Å². The van der Waals surface area contributed by atoms with Crippen molar-refractivity contribution in [3.8, 4) is 0 Å². The van der Waals surface area contributed by atoms with E-state index in [2.05, 4.69) is 17.0 Å². The fraction of sp³-hybridized carbons (Fsp3) is 0.538. The van der Waals surface area contributed by atoms with Gasteiger partial charge in [0, 0.05) is 17.5 Å². The van der Waals surface area contributed by atoms with Crippen LogP contribution in [0.3, 0.4) is 0 Å². The summed E-state index contributed by atoms with van der Waals surface area (Å²) in [5.74, 6) is 0.326. The molecule has 1 aromatic carbocycles. The zero-order valence-electron chi connectivity index (χ0n) is 11.9. The minimum Gasteiger partial charge on any atom is -0.315 e. The molecule has 1 aromatic rings. The van der Waals surface area contributed by atoms with Crippen LogP contribution >= 0.6 is 35.8 Å². The Hall–Kier alpha value is 0.0200. The third kappa shape index (κ3) is 4.74. The third-order valence-corrected chi connectivity index (χ3v) is 6.28. The second-order valence-corrected chi connectivity index (χ2v) is 7.96. The Morgan fingerprint density at radius 3 is 2.71 bits per heavy atom. The maximum Gasteiger partial charge on any atom is 0.240 e. The van der Waals surface area contributed by atoms with Crippen LogP contribution in [-0.2, 0) is 10.0 Å². The van der Waals surface area contributed by atoms with Gasteiger partial charge in [0.15, 0.2) is 0 Å². The van der Waals surface area contributed by atoms with Gasteiger partial charge in [-0.15, -0.1) is 24.2 Å². The second kappa shape index (κ2) is 8.04. The van der Waals surface area contributed by atoms with Crippen LogP contribution in [0.5, 0.6) is 0 Å². The molecule has 4 nitrogen and oxygen atoms in total. The zero-order valence-corrected chi connectivity index (χ0v) is 15.1. The van der Waals surface area contributed by atoms with Gasteiger partial charge in [0.2, 0.25) is 10.0 Å². The number of nitrogens with one attached hydrogen (secondary N) is 2. The van der Waals surface area contributed by atoms with E-state index in [0.717, 1.165) is 17.9 Å². The highest BCUT2D eigenvalue weighted by atomic mass is 35.5. The van der Waals surface area contributed by atoms with Crippen LogP contribution in [0.1, 0.15) is 13.3 Å².